The summed E-state index contributed by atoms with van der Waals surface area (Å²) in [5, 5.41) is 0.557. The topological polar surface area (TPSA) is 57.7 Å². The highest BCUT2D eigenvalue weighted by Gasteiger charge is 2.34. The van der Waals surface area contributed by atoms with Gasteiger partial charge in [-0.15, -0.1) is 0 Å². The van der Waals surface area contributed by atoms with Crippen LogP contribution in [0.5, 0.6) is 0 Å². The van der Waals surface area contributed by atoms with Gasteiger partial charge in [0, 0.05) is 31.2 Å². The molecule has 0 aromatic heterocycles. The first-order valence-corrected chi connectivity index (χ1v) is 10.6. The zero-order valence-electron chi connectivity index (χ0n) is 14.8. The van der Waals surface area contributed by atoms with Gasteiger partial charge >= 0.3 is 6.18 Å². The lowest BCUT2D eigenvalue weighted by Crippen LogP contribution is -2.50. The number of hydrogen-bond acceptors (Lipinski definition) is 3. The van der Waals surface area contributed by atoms with Crippen molar-refractivity contribution in [1.82, 2.24) is 9.21 Å². The van der Waals surface area contributed by atoms with Crippen LogP contribution in [0.3, 0.4) is 0 Å². The van der Waals surface area contributed by atoms with Crippen LogP contribution >= 0.6 is 23.2 Å². The van der Waals surface area contributed by atoms with Crippen LogP contribution in [-0.2, 0) is 16.2 Å². The molecule has 156 valence electrons. The predicted molar refractivity (Wildman–Crippen MR) is 103 cm³/mol. The maximum absolute atomic E-state index is 12.9. The Morgan fingerprint density at radius 2 is 1.62 bits per heavy atom. The Morgan fingerprint density at radius 1 is 0.966 bits per heavy atom. The number of rotatable bonds is 3. The van der Waals surface area contributed by atoms with Crippen LogP contribution < -0.4 is 0 Å². The fourth-order valence-corrected chi connectivity index (χ4v) is 4.78. The van der Waals surface area contributed by atoms with Crippen LogP contribution in [0.4, 0.5) is 13.2 Å². The van der Waals surface area contributed by atoms with E-state index < -0.39 is 32.6 Å². The van der Waals surface area contributed by atoms with E-state index >= 15 is 0 Å². The summed E-state index contributed by atoms with van der Waals surface area (Å²) in [5.41, 5.74) is -0.837. The van der Waals surface area contributed by atoms with Gasteiger partial charge < -0.3 is 4.90 Å². The van der Waals surface area contributed by atoms with Crippen LogP contribution in [0.15, 0.2) is 47.4 Å². The predicted octanol–water partition coefficient (Wildman–Crippen LogP) is 4.16. The van der Waals surface area contributed by atoms with Crippen LogP contribution in [0.2, 0.25) is 10.0 Å². The number of halogens is 5. The van der Waals surface area contributed by atoms with Gasteiger partial charge in [0.2, 0.25) is 10.0 Å². The number of benzene rings is 2. The summed E-state index contributed by atoms with van der Waals surface area (Å²) in [4.78, 5) is 13.6. The first kappa shape index (κ1) is 21.9. The Hall–Kier alpha value is -1.81. The van der Waals surface area contributed by atoms with Gasteiger partial charge in [0.25, 0.3) is 5.91 Å². The standard InChI is InChI=1S/C18H15Cl2F3N2O3S/c19-13-4-5-16(20)15(11-13)17(26)24-6-8-25(9-7-24)29(27,28)14-3-1-2-12(10-14)18(21,22)23/h1-5,10-11H,6-9H2. The van der Waals surface area contributed by atoms with Crippen molar-refractivity contribution < 1.29 is 26.4 Å². The Labute approximate surface area is 175 Å². The van der Waals surface area contributed by atoms with E-state index in [1.807, 2.05) is 0 Å². The molecule has 5 nitrogen and oxygen atoms in total. The van der Waals surface area contributed by atoms with Crippen LogP contribution in [0, 0.1) is 0 Å². The number of piperazine rings is 1. The van der Waals surface area contributed by atoms with E-state index in [4.69, 9.17) is 23.2 Å². The van der Waals surface area contributed by atoms with E-state index in [-0.39, 0.29) is 36.8 Å². The second kappa shape index (κ2) is 8.14. The van der Waals surface area contributed by atoms with Crippen LogP contribution in [-0.4, -0.2) is 49.7 Å². The highest BCUT2D eigenvalue weighted by atomic mass is 35.5. The Bertz CT molecular complexity index is 1040. The van der Waals surface area contributed by atoms with E-state index in [2.05, 4.69) is 0 Å². The number of nitrogens with zero attached hydrogens (tertiary/aromatic N) is 2. The monoisotopic (exact) mass is 466 g/mol. The van der Waals surface area contributed by atoms with E-state index in [0.29, 0.717) is 11.1 Å². The molecule has 1 saturated heterocycles. The molecule has 0 N–H and O–H groups in total. The molecule has 11 heteroatoms. The molecular weight excluding hydrogens is 452 g/mol. The summed E-state index contributed by atoms with van der Waals surface area (Å²) in [6.07, 6.45) is -4.65. The minimum atomic E-state index is -4.65. The van der Waals surface area contributed by atoms with Gasteiger partial charge in [-0.3, -0.25) is 4.79 Å². The molecule has 0 radical (unpaired) electrons. The lowest BCUT2D eigenvalue weighted by Gasteiger charge is -2.34. The average Bonchev–Trinajstić information content (AvgIpc) is 2.69. The van der Waals surface area contributed by atoms with Gasteiger partial charge in [-0.2, -0.15) is 17.5 Å². The van der Waals surface area contributed by atoms with Crippen molar-refractivity contribution in [3.8, 4) is 0 Å². The fourth-order valence-electron chi connectivity index (χ4n) is 2.95. The summed E-state index contributed by atoms with van der Waals surface area (Å²) in [6.45, 7) is 0.0325. The maximum Gasteiger partial charge on any atom is 0.416 e. The normalized spacial score (nSPS) is 16.1. The van der Waals surface area contributed by atoms with E-state index in [1.54, 1.807) is 6.07 Å². The molecular formula is C18H15Cl2F3N2O3S. The van der Waals surface area contributed by atoms with Gasteiger partial charge in [0.15, 0.2) is 0 Å². The van der Waals surface area contributed by atoms with Gasteiger partial charge in [0.1, 0.15) is 0 Å². The van der Waals surface area contributed by atoms with Crippen molar-refractivity contribution in [2.75, 3.05) is 26.2 Å². The molecule has 0 saturated carbocycles. The highest BCUT2D eigenvalue weighted by molar-refractivity contribution is 7.89. The zero-order chi connectivity index (χ0) is 21.4. The highest BCUT2D eigenvalue weighted by Crippen LogP contribution is 2.31. The Kier molecular flexibility index (Phi) is 6.14. The largest absolute Gasteiger partial charge is 0.416 e. The second-order valence-corrected chi connectivity index (χ2v) is 9.13. The number of carbonyl (C=O) groups excluding carboxylic acids is 1. The maximum atomic E-state index is 12.9. The molecule has 1 amide bonds. The van der Waals surface area contributed by atoms with Crippen LogP contribution in [0.1, 0.15) is 15.9 Å². The third-order valence-corrected chi connectivity index (χ3v) is 6.94. The number of sulfonamides is 1. The zero-order valence-corrected chi connectivity index (χ0v) is 17.1. The molecule has 1 aliphatic heterocycles. The molecule has 1 heterocycles. The minimum Gasteiger partial charge on any atom is -0.336 e. The SMILES string of the molecule is O=C(c1cc(Cl)ccc1Cl)N1CCN(S(=O)(=O)c2cccc(C(F)(F)F)c2)CC1. The molecule has 29 heavy (non-hydrogen) atoms. The smallest absolute Gasteiger partial charge is 0.336 e. The Morgan fingerprint density at radius 3 is 2.24 bits per heavy atom. The Balaban J connectivity index is 1.75. The number of hydrogen-bond donors (Lipinski definition) is 0. The van der Waals surface area contributed by atoms with Crippen molar-refractivity contribution in [1.29, 1.82) is 0 Å². The fraction of sp³-hybridized carbons (Fsp3) is 0.278. The number of carbonyl (C=O) groups is 1. The van der Waals surface area contributed by atoms with Crippen molar-refractivity contribution in [3.05, 3.63) is 63.6 Å². The number of amides is 1. The molecule has 3 rings (SSSR count). The summed E-state index contributed by atoms with van der Waals surface area (Å²) in [6, 6.07) is 8.05. The van der Waals surface area contributed by atoms with Crippen molar-refractivity contribution >= 4 is 39.1 Å². The van der Waals surface area contributed by atoms with Crippen molar-refractivity contribution in [2.45, 2.75) is 11.1 Å². The van der Waals surface area contributed by atoms with E-state index in [0.717, 1.165) is 22.5 Å². The van der Waals surface area contributed by atoms with Gasteiger partial charge in [-0.1, -0.05) is 29.3 Å². The summed E-state index contributed by atoms with van der Waals surface area (Å²) in [5.74, 6) is -0.395. The average molecular weight is 467 g/mol. The molecule has 2 aromatic carbocycles. The molecule has 0 spiro atoms. The second-order valence-electron chi connectivity index (χ2n) is 6.35. The lowest BCUT2D eigenvalue weighted by atomic mass is 10.2. The third kappa shape index (κ3) is 4.69. The van der Waals surface area contributed by atoms with Crippen molar-refractivity contribution in [2.24, 2.45) is 0 Å². The summed E-state index contributed by atoms with van der Waals surface area (Å²) >= 11 is 11.9. The van der Waals surface area contributed by atoms with Gasteiger partial charge in [0.05, 0.1) is 21.0 Å². The quantitative estimate of drug-likeness (QED) is 0.682. The summed E-state index contributed by atoms with van der Waals surface area (Å²) in [7, 11) is -4.13. The first-order valence-electron chi connectivity index (χ1n) is 8.42. The summed E-state index contributed by atoms with van der Waals surface area (Å²) < 4.78 is 65.2. The van der Waals surface area contributed by atoms with E-state index in [1.165, 1.54) is 17.0 Å². The third-order valence-electron chi connectivity index (χ3n) is 4.48. The van der Waals surface area contributed by atoms with E-state index in [9.17, 15) is 26.4 Å². The molecule has 0 bridgehead atoms. The van der Waals surface area contributed by atoms with Crippen LogP contribution in [0.25, 0.3) is 0 Å². The molecule has 0 aliphatic carbocycles. The molecule has 0 unspecified atom stereocenters. The minimum absolute atomic E-state index is 0.0531. The number of alkyl halides is 3. The molecule has 2 aromatic rings. The lowest BCUT2D eigenvalue weighted by molar-refractivity contribution is -0.137. The van der Waals surface area contributed by atoms with Crippen molar-refractivity contribution in [3.63, 3.8) is 0 Å². The van der Waals surface area contributed by atoms with Gasteiger partial charge in [-0.25, -0.2) is 8.42 Å². The first-order chi connectivity index (χ1) is 13.5. The molecule has 1 fully saturated rings. The molecule has 0 atom stereocenters. The molecule has 1 aliphatic rings. The van der Waals surface area contributed by atoms with Gasteiger partial charge in [-0.05, 0) is 36.4 Å².